The van der Waals surface area contributed by atoms with E-state index in [1.165, 1.54) is 19.3 Å². The van der Waals surface area contributed by atoms with Crippen LogP contribution in [0.25, 0.3) is 0 Å². The highest BCUT2D eigenvalue weighted by molar-refractivity contribution is 4.57. The summed E-state index contributed by atoms with van der Waals surface area (Å²) in [6.07, 6.45) is 7.15. The van der Waals surface area contributed by atoms with Gasteiger partial charge in [0.05, 0.1) is 6.10 Å². The van der Waals surface area contributed by atoms with Crippen molar-refractivity contribution >= 4 is 0 Å². The van der Waals surface area contributed by atoms with Crippen LogP contribution in [0, 0.1) is 0 Å². The average Bonchev–Trinajstić information content (AvgIpc) is 2.11. The molecule has 2 heteroatoms. The van der Waals surface area contributed by atoms with Gasteiger partial charge in [-0.05, 0) is 25.7 Å². The molecular weight excluding hydrogens is 152 g/mol. The first-order valence-electron chi connectivity index (χ1n) is 4.98. The third kappa shape index (κ3) is 6.62. The number of rotatable bonds is 8. The number of ether oxygens (including phenoxy) is 1. The Kier molecular flexibility index (Phi) is 8.95. The molecule has 0 aliphatic carbocycles. The fourth-order valence-corrected chi connectivity index (χ4v) is 1.30. The van der Waals surface area contributed by atoms with Gasteiger partial charge < -0.3 is 9.84 Å². The lowest BCUT2D eigenvalue weighted by atomic mass is 10.1. The molecule has 0 aliphatic heterocycles. The maximum absolute atomic E-state index is 8.59. The molecule has 0 heterocycles. The van der Waals surface area contributed by atoms with Crippen LogP contribution in [-0.4, -0.2) is 24.9 Å². The molecule has 0 fully saturated rings. The van der Waals surface area contributed by atoms with E-state index in [1.54, 1.807) is 7.11 Å². The van der Waals surface area contributed by atoms with Crippen LogP contribution in [0.4, 0.5) is 0 Å². The van der Waals surface area contributed by atoms with E-state index < -0.39 is 0 Å². The van der Waals surface area contributed by atoms with Crippen molar-refractivity contribution in [2.75, 3.05) is 13.7 Å². The SMILES string of the molecule is CCCC[C@H](CCCCO)OC. The molecule has 0 rings (SSSR count). The zero-order chi connectivity index (χ0) is 9.23. The monoisotopic (exact) mass is 174 g/mol. The topological polar surface area (TPSA) is 29.5 Å². The lowest BCUT2D eigenvalue weighted by Crippen LogP contribution is -2.10. The predicted octanol–water partition coefficient (Wildman–Crippen LogP) is 2.35. The maximum atomic E-state index is 8.59. The van der Waals surface area contributed by atoms with Crippen LogP contribution < -0.4 is 0 Å². The van der Waals surface area contributed by atoms with Crippen LogP contribution in [-0.2, 0) is 4.74 Å². The Balaban J connectivity index is 3.26. The fraction of sp³-hybridized carbons (Fsp3) is 1.00. The van der Waals surface area contributed by atoms with Gasteiger partial charge in [0.25, 0.3) is 0 Å². The summed E-state index contributed by atoms with van der Waals surface area (Å²) in [7, 11) is 1.78. The van der Waals surface area contributed by atoms with Crippen LogP contribution in [0.5, 0.6) is 0 Å². The van der Waals surface area contributed by atoms with E-state index in [1.807, 2.05) is 0 Å². The Morgan fingerprint density at radius 2 is 1.83 bits per heavy atom. The van der Waals surface area contributed by atoms with Crippen LogP contribution in [0.15, 0.2) is 0 Å². The Labute approximate surface area is 75.9 Å². The van der Waals surface area contributed by atoms with Crippen molar-refractivity contribution in [1.82, 2.24) is 0 Å². The summed E-state index contributed by atoms with van der Waals surface area (Å²) >= 11 is 0. The molecule has 0 unspecified atom stereocenters. The van der Waals surface area contributed by atoms with Gasteiger partial charge in [-0.3, -0.25) is 0 Å². The average molecular weight is 174 g/mol. The van der Waals surface area contributed by atoms with Crippen molar-refractivity contribution in [3.05, 3.63) is 0 Å². The standard InChI is InChI=1S/C10H22O2/c1-3-4-7-10(12-2)8-5-6-9-11/h10-11H,3-9H2,1-2H3/t10-/m1/s1. The van der Waals surface area contributed by atoms with Crippen molar-refractivity contribution in [1.29, 1.82) is 0 Å². The molecule has 0 amide bonds. The van der Waals surface area contributed by atoms with Crippen molar-refractivity contribution in [2.45, 2.75) is 51.6 Å². The third-order valence-corrected chi connectivity index (χ3v) is 2.15. The lowest BCUT2D eigenvalue weighted by molar-refractivity contribution is 0.0824. The molecular formula is C10H22O2. The molecule has 0 aromatic heterocycles. The maximum Gasteiger partial charge on any atom is 0.0571 e. The molecule has 1 atom stereocenters. The summed E-state index contributed by atoms with van der Waals surface area (Å²) in [5, 5.41) is 8.59. The predicted molar refractivity (Wildman–Crippen MR) is 51.3 cm³/mol. The van der Waals surface area contributed by atoms with Crippen molar-refractivity contribution < 1.29 is 9.84 Å². The molecule has 74 valence electrons. The largest absolute Gasteiger partial charge is 0.396 e. The van der Waals surface area contributed by atoms with E-state index in [0.29, 0.717) is 12.7 Å². The second kappa shape index (κ2) is 9.01. The van der Waals surface area contributed by atoms with Crippen molar-refractivity contribution in [3.8, 4) is 0 Å². The minimum Gasteiger partial charge on any atom is -0.396 e. The van der Waals surface area contributed by atoms with Gasteiger partial charge >= 0.3 is 0 Å². The first-order valence-corrected chi connectivity index (χ1v) is 4.98. The van der Waals surface area contributed by atoms with E-state index in [2.05, 4.69) is 6.92 Å². The highest BCUT2D eigenvalue weighted by Crippen LogP contribution is 2.10. The van der Waals surface area contributed by atoms with E-state index >= 15 is 0 Å². The minimum atomic E-state index is 0.310. The van der Waals surface area contributed by atoms with Gasteiger partial charge in [-0.25, -0.2) is 0 Å². The van der Waals surface area contributed by atoms with Crippen LogP contribution in [0.1, 0.15) is 45.4 Å². The molecule has 0 bridgehead atoms. The molecule has 0 radical (unpaired) electrons. The van der Waals surface area contributed by atoms with Crippen LogP contribution in [0.3, 0.4) is 0 Å². The van der Waals surface area contributed by atoms with E-state index in [0.717, 1.165) is 19.3 Å². The summed E-state index contributed by atoms with van der Waals surface area (Å²) in [4.78, 5) is 0. The summed E-state index contributed by atoms with van der Waals surface area (Å²) < 4.78 is 5.32. The number of aliphatic hydroxyl groups excluding tert-OH is 1. The highest BCUT2D eigenvalue weighted by atomic mass is 16.5. The molecule has 0 aromatic carbocycles. The number of hydrogen-bond donors (Lipinski definition) is 1. The molecule has 0 spiro atoms. The van der Waals surface area contributed by atoms with Gasteiger partial charge in [-0.1, -0.05) is 19.8 Å². The summed E-state index contributed by atoms with van der Waals surface area (Å²) in [5.41, 5.74) is 0. The van der Waals surface area contributed by atoms with Gasteiger partial charge in [-0.2, -0.15) is 0 Å². The number of hydrogen-bond acceptors (Lipinski definition) is 2. The molecule has 0 aliphatic rings. The Bertz CT molecular complexity index is 83.9. The molecule has 0 saturated carbocycles. The molecule has 0 aromatic rings. The minimum absolute atomic E-state index is 0.310. The first-order chi connectivity index (χ1) is 5.85. The number of aliphatic hydroxyl groups is 1. The van der Waals surface area contributed by atoms with Gasteiger partial charge in [0.15, 0.2) is 0 Å². The smallest absolute Gasteiger partial charge is 0.0571 e. The zero-order valence-corrected chi connectivity index (χ0v) is 8.38. The Morgan fingerprint density at radius 3 is 2.33 bits per heavy atom. The number of unbranched alkanes of at least 4 members (excludes halogenated alkanes) is 2. The second-order valence-electron chi connectivity index (χ2n) is 3.22. The van der Waals surface area contributed by atoms with E-state index in [4.69, 9.17) is 9.84 Å². The van der Waals surface area contributed by atoms with Crippen LogP contribution in [0.2, 0.25) is 0 Å². The molecule has 12 heavy (non-hydrogen) atoms. The van der Waals surface area contributed by atoms with Gasteiger partial charge in [-0.15, -0.1) is 0 Å². The number of methoxy groups -OCH3 is 1. The van der Waals surface area contributed by atoms with Gasteiger partial charge in [0.2, 0.25) is 0 Å². The first kappa shape index (κ1) is 11.9. The third-order valence-electron chi connectivity index (χ3n) is 2.15. The van der Waals surface area contributed by atoms with Gasteiger partial charge in [0, 0.05) is 13.7 Å². The Morgan fingerprint density at radius 1 is 1.17 bits per heavy atom. The molecule has 1 N–H and O–H groups in total. The lowest BCUT2D eigenvalue weighted by Gasteiger charge is -2.13. The van der Waals surface area contributed by atoms with Crippen LogP contribution >= 0.6 is 0 Å². The molecule has 0 saturated heterocycles. The summed E-state index contributed by atoms with van der Waals surface area (Å²) in [6, 6.07) is 0. The zero-order valence-electron chi connectivity index (χ0n) is 8.38. The quantitative estimate of drug-likeness (QED) is 0.572. The van der Waals surface area contributed by atoms with E-state index in [9.17, 15) is 0 Å². The van der Waals surface area contributed by atoms with Crippen molar-refractivity contribution in [2.24, 2.45) is 0 Å². The summed E-state index contributed by atoms with van der Waals surface area (Å²) in [6.45, 7) is 2.50. The second-order valence-corrected chi connectivity index (χ2v) is 3.22. The highest BCUT2D eigenvalue weighted by Gasteiger charge is 2.05. The van der Waals surface area contributed by atoms with Crippen molar-refractivity contribution in [3.63, 3.8) is 0 Å². The molecule has 2 nitrogen and oxygen atoms in total. The normalized spacial score (nSPS) is 13.2. The fourth-order valence-electron chi connectivity index (χ4n) is 1.30. The Hall–Kier alpha value is -0.0800. The van der Waals surface area contributed by atoms with E-state index in [-0.39, 0.29) is 0 Å². The van der Waals surface area contributed by atoms with Gasteiger partial charge in [0.1, 0.15) is 0 Å². The summed E-state index contributed by atoms with van der Waals surface area (Å²) in [5.74, 6) is 0.